The molecule has 0 N–H and O–H groups in total. The van der Waals surface area contributed by atoms with Crippen molar-refractivity contribution in [3.63, 3.8) is 0 Å². The fourth-order valence-corrected chi connectivity index (χ4v) is 6.93. The van der Waals surface area contributed by atoms with Crippen molar-refractivity contribution in [1.29, 1.82) is 0 Å². The molecule has 0 unspecified atom stereocenters. The van der Waals surface area contributed by atoms with Gasteiger partial charge in [0, 0.05) is 0 Å². The molecule has 0 fully saturated rings. The van der Waals surface area contributed by atoms with Gasteiger partial charge in [-0.3, -0.25) is 0 Å². The molecule has 0 saturated heterocycles. The molecule has 5 aromatic rings. The van der Waals surface area contributed by atoms with Gasteiger partial charge in [0.15, 0.2) is 0 Å². The van der Waals surface area contributed by atoms with Crippen LogP contribution in [0.1, 0.15) is 37.8 Å². The molecule has 1 heterocycles. The fourth-order valence-electron chi connectivity index (χ4n) is 4.27. The van der Waals surface area contributed by atoms with Gasteiger partial charge in [0.25, 0.3) is 0 Å². The Bertz CT molecular complexity index is 1400. The molecule has 0 aliphatic carbocycles. The first kappa shape index (κ1) is 21.7. The molecule has 0 aliphatic rings. The maximum atomic E-state index is 2.46. The number of hydrogen-bond acceptors (Lipinski definition) is 0. The number of hydrogen-bond donors (Lipinski definition) is 0. The van der Waals surface area contributed by atoms with Gasteiger partial charge in [0.2, 0.25) is 0 Å². The predicted molar refractivity (Wildman–Crippen MR) is 145 cm³/mol. The number of aryl methyl sites for hydroxylation is 4. The van der Waals surface area contributed by atoms with Gasteiger partial charge in [-0.25, -0.2) is 0 Å². The van der Waals surface area contributed by atoms with Gasteiger partial charge in [-0.15, -0.1) is 0 Å². The van der Waals surface area contributed by atoms with Crippen LogP contribution in [-0.4, -0.2) is 14.5 Å². The van der Waals surface area contributed by atoms with Gasteiger partial charge in [-0.05, 0) is 0 Å². The van der Waals surface area contributed by atoms with Crippen molar-refractivity contribution in [1.82, 2.24) is 0 Å². The van der Waals surface area contributed by atoms with E-state index in [4.69, 9.17) is 0 Å². The monoisotopic (exact) mass is 492 g/mol. The van der Waals surface area contributed by atoms with Gasteiger partial charge in [-0.1, -0.05) is 0 Å². The Hall–Kier alpha value is -3.12. The molecule has 0 amide bonds. The Balaban J connectivity index is 1.78. The molecular weight excluding hydrogens is 463 g/mol. The number of benzene rings is 4. The summed E-state index contributed by atoms with van der Waals surface area (Å²) in [5.74, 6) is 0. The van der Waals surface area contributed by atoms with E-state index in [1.54, 1.807) is 0 Å². The van der Waals surface area contributed by atoms with Gasteiger partial charge in [0.1, 0.15) is 0 Å². The summed E-state index contributed by atoms with van der Waals surface area (Å²) in [6, 6.07) is 33.8. The molecular formula is C32H28Se. The average molecular weight is 492 g/mol. The van der Waals surface area contributed by atoms with Crippen molar-refractivity contribution >= 4 is 35.8 Å². The Labute approximate surface area is 203 Å². The maximum absolute atomic E-state index is 2.46. The first-order valence-electron chi connectivity index (χ1n) is 11.4. The van der Waals surface area contributed by atoms with Crippen molar-refractivity contribution < 1.29 is 0 Å². The van der Waals surface area contributed by atoms with Crippen LogP contribution in [-0.2, 0) is 0 Å². The van der Waals surface area contributed by atoms with Crippen molar-refractivity contribution in [2.75, 3.05) is 0 Å². The van der Waals surface area contributed by atoms with Crippen LogP contribution in [0, 0.1) is 27.7 Å². The van der Waals surface area contributed by atoms with E-state index in [0.717, 1.165) is 0 Å². The summed E-state index contributed by atoms with van der Waals surface area (Å²) in [5.41, 5.74) is 11.7. The second-order valence-electron chi connectivity index (χ2n) is 9.00. The Morgan fingerprint density at radius 1 is 0.576 bits per heavy atom. The fraction of sp³-hybridized carbons (Fsp3) is 0.125. The molecule has 0 aliphatic heterocycles. The molecule has 5 rings (SSSR count). The van der Waals surface area contributed by atoms with E-state index in [2.05, 4.69) is 125 Å². The summed E-state index contributed by atoms with van der Waals surface area (Å²) in [7, 11) is 0. The average Bonchev–Trinajstić information content (AvgIpc) is 3.16. The standard InChI is InChI=1S/C32H28Se/c1-21-5-12-25(13-6-21)29(26-14-7-22(2)8-15-26)20-31-32(27-16-9-23(3)10-17-27)28-18-11-24(4)19-30(28)33-31/h5-20H,1-4H3. The van der Waals surface area contributed by atoms with Crippen LogP contribution >= 0.6 is 0 Å². The second kappa shape index (κ2) is 9.02. The number of rotatable bonds is 4. The quantitative estimate of drug-likeness (QED) is 0.222. The SMILES string of the molecule is Cc1ccc(C(=Cc2[se]c3cc(C)ccc3c2-c2ccc(C)cc2)c2ccc(C)cc2)cc1. The third-order valence-electron chi connectivity index (χ3n) is 6.21. The van der Waals surface area contributed by atoms with Gasteiger partial charge in [0.05, 0.1) is 0 Å². The van der Waals surface area contributed by atoms with E-state index in [9.17, 15) is 0 Å². The summed E-state index contributed by atoms with van der Waals surface area (Å²) in [6.07, 6.45) is 2.46. The minimum absolute atomic E-state index is 0.266. The summed E-state index contributed by atoms with van der Waals surface area (Å²) in [4.78, 5) is 0. The minimum atomic E-state index is 0.266. The van der Waals surface area contributed by atoms with Crippen LogP contribution in [0.2, 0.25) is 0 Å². The first-order valence-corrected chi connectivity index (χ1v) is 13.2. The molecule has 1 aromatic heterocycles. The predicted octanol–water partition coefficient (Wildman–Crippen LogP) is 8.39. The van der Waals surface area contributed by atoms with Crippen LogP contribution in [0.5, 0.6) is 0 Å². The molecule has 162 valence electrons. The summed E-state index contributed by atoms with van der Waals surface area (Å²) in [6.45, 7) is 8.65. The zero-order valence-electron chi connectivity index (χ0n) is 19.6. The van der Waals surface area contributed by atoms with Crippen LogP contribution in [0.4, 0.5) is 0 Å². The molecule has 0 atom stereocenters. The summed E-state index contributed by atoms with van der Waals surface area (Å²) in [5, 5.41) is 1.39. The second-order valence-corrected chi connectivity index (χ2v) is 11.3. The van der Waals surface area contributed by atoms with Gasteiger partial charge >= 0.3 is 203 Å². The molecule has 33 heavy (non-hydrogen) atoms. The van der Waals surface area contributed by atoms with Crippen molar-refractivity contribution in [2.24, 2.45) is 0 Å². The molecule has 0 saturated carbocycles. The van der Waals surface area contributed by atoms with E-state index < -0.39 is 0 Å². The van der Waals surface area contributed by atoms with E-state index in [1.807, 2.05) is 0 Å². The third kappa shape index (κ3) is 4.53. The zero-order valence-corrected chi connectivity index (χ0v) is 21.4. The van der Waals surface area contributed by atoms with E-state index in [0.29, 0.717) is 0 Å². The Morgan fingerprint density at radius 2 is 1.06 bits per heavy atom. The first-order chi connectivity index (χ1) is 16.0. The van der Waals surface area contributed by atoms with E-state index >= 15 is 0 Å². The third-order valence-corrected chi connectivity index (χ3v) is 8.52. The number of fused-ring (bicyclic) bond motifs is 1. The molecule has 0 radical (unpaired) electrons. The Morgan fingerprint density at radius 3 is 1.61 bits per heavy atom. The van der Waals surface area contributed by atoms with Crippen LogP contribution in [0.25, 0.3) is 32.4 Å². The normalized spacial score (nSPS) is 11.0. The molecule has 0 spiro atoms. The van der Waals surface area contributed by atoms with Crippen molar-refractivity contribution in [3.05, 3.63) is 129 Å². The van der Waals surface area contributed by atoms with Crippen LogP contribution < -0.4 is 0 Å². The topological polar surface area (TPSA) is 0 Å². The molecule has 1 heteroatoms. The van der Waals surface area contributed by atoms with E-state index in [1.165, 1.54) is 64.2 Å². The van der Waals surface area contributed by atoms with Crippen LogP contribution in [0.15, 0.2) is 91.0 Å². The van der Waals surface area contributed by atoms with E-state index in [-0.39, 0.29) is 14.5 Å². The van der Waals surface area contributed by atoms with Crippen LogP contribution in [0.3, 0.4) is 0 Å². The molecule has 4 aromatic carbocycles. The zero-order chi connectivity index (χ0) is 22.9. The summed E-state index contributed by atoms with van der Waals surface area (Å²) >= 11 is 0.266. The molecule has 0 bridgehead atoms. The van der Waals surface area contributed by atoms with Crippen molar-refractivity contribution in [3.8, 4) is 11.1 Å². The van der Waals surface area contributed by atoms with Crippen molar-refractivity contribution in [2.45, 2.75) is 27.7 Å². The molecule has 0 nitrogen and oxygen atoms in total. The van der Waals surface area contributed by atoms with Gasteiger partial charge < -0.3 is 0 Å². The Kier molecular flexibility index (Phi) is 5.94. The summed E-state index contributed by atoms with van der Waals surface area (Å²) < 4.78 is 2.93. The van der Waals surface area contributed by atoms with Gasteiger partial charge in [-0.2, -0.15) is 0 Å².